The van der Waals surface area contributed by atoms with E-state index in [4.69, 9.17) is 16.4 Å². The summed E-state index contributed by atoms with van der Waals surface area (Å²) < 4.78 is 0. The molecule has 0 spiro atoms. The zero-order valence-electron chi connectivity index (χ0n) is 10.7. The lowest BCUT2D eigenvalue weighted by Crippen LogP contribution is -2.32. The number of β-amino-alcohol motifs (C(OH)–C–C–N with tert-alkyl or cyclic N) is 1. The first kappa shape index (κ1) is 14.2. The molecule has 0 aromatic carbocycles. The van der Waals surface area contributed by atoms with Crippen LogP contribution >= 0.6 is 11.6 Å². The van der Waals surface area contributed by atoms with Crippen LogP contribution in [0.4, 0.5) is 0 Å². The number of likely N-dealkylation sites (tertiary alicyclic amines) is 1. The van der Waals surface area contributed by atoms with Gasteiger partial charge in [-0.25, -0.2) is 0 Å². The molecule has 1 saturated heterocycles. The minimum atomic E-state index is -0.541. The highest BCUT2D eigenvalue weighted by Gasteiger charge is 2.16. The van der Waals surface area contributed by atoms with Gasteiger partial charge in [-0.1, -0.05) is 16.8 Å². The van der Waals surface area contributed by atoms with Gasteiger partial charge in [0.25, 0.3) is 0 Å². The van der Waals surface area contributed by atoms with Crippen molar-refractivity contribution in [3.8, 4) is 0 Å². The molecule has 0 bridgehead atoms. The maximum Gasteiger partial charge on any atom is 0.177 e. The Kier molecular flexibility index (Phi) is 5.57. The van der Waals surface area contributed by atoms with E-state index in [1.54, 1.807) is 24.5 Å². The van der Waals surface area contributed by atoms with Crippen LogP contribution in [0.5, 0.6) is 0 Å². The molecule has 1 atom stereocenters. The number of hydrogen-bond acceptors (Lipinski definition) is 5. The Morgan fingerprint density at radius 2 is 2.32 bits per heavy atom. The van der Waals surface area contributed by atoms with Crippen LogP contribution in [0, 0.1) is 0 Å². The van der Waals surface area contributed by atoms with E-state index in [1.807, 2.05) is 0 Å². The Morgan fingerprint density at radius 1 is 1.53 bits per heavy atom. The molecule has 0 amide bonds. The molecule has 6 heteroatoms. The van der Waals surface area contributed by atoms with Gasteiger partial charge in [0.2, 0.25) is 0 Å². The van der Waals surface area contributed by atoms with Crippen molar-refractivity contribution in [1.82, 2.24) is 9.88 Å². The van der Waals surface area contributed by atoms with Crippen LogP contribution in [0.25, 0.3) is 0 Å². The Labute approximate surface area is 117 Å². The number of hydrogen-bond donors (Lipinski definition) is 1. The summed E-state index contributed by atoms with van der Waals surface area (Å²) in [4.78, 5) is 11.2. The molecule has 2 heterocycles. The summed E-state index contributed by atoms with van der Waals surface area (Å²) in [7, 11) is 0. The number of aromatic nitrogens is 1. The van der Waals surface area contributed by atoms with Crippen molar-refractivity contribution >= 4 is 16.8 Å². The highest BCUT2D eigenvalue weighted by atomic mass is 35.5. The molecule has 1 aliphatic heterocycles. The van der Waals surface area contributed by atoms with Gasteiger partial charge in [0.1, 0.15) is 12.7 Å². The first-order valence-electron chi connectivity index (χ1n) is 6.42. The minimum absolute atomic E-state index is 0.146. The van der Waals surface area contributed by atoms with Gasteiger partial charge in [0.05, 0.1) is 0 Å². The fraction of sp³-hybridized carbons (Fsp3) is 0.538. The maximum absolute atomic E-state index is 9.80. The molecule has 1 unspecified atom stereocenters. The number of nitrogens with zero attached hydrogens (tertiary/aromatic N) is 3. The third kappa shape index (κ3) is 4.78. The molecule has 1 aliphatic rings. The second-order valence-electron chi connectivity index (χ2n) is 4.58. The Morgan fingerprint density at radius 3 is 3.00 bits per heavy atom. The van der Waals surface area contributed by atoms with Crippen LogP contribution < -0.4 is 0 Å². The molecule has 1 N–H and O–H groups in total. The quantitative estimate of drug-likeness (QED) is 0.634. The molecule has 1 fully saturated rings. The zero-order valence-corrected chi connectivity index (χ0v) is 11.5. The molecule has 0 aliphatic carbocycles. The standard InChI is InChI=1S/C13H18ClN3O2/c14-13(11-4-3-5-15-8-11)16-19-10-12(18)9-17-6-1-2-7-17/h3-5,8,12,18H,1-2,6-7,9-10H2. The third-order valence-electron chi connectivity index (χ3n) is 2.98. The topological polar surface area (TPSA) is 58.0 Å². The van der Waals surface area contributed by atoms with Crippen molar-refractivity contribution < 1.29 is 9.94 Å². The Balaban J connectivity index is 1.72. The first-order valence-corrected chi connectivity index (χ1v) is 6.80. The predicted octanol–water partition coefficient (Wildman–Crippen LogP) is 1.46. The molecule has 0 radical (unpaired) electrons. The van der Waals surface area contributed by atoms with Crippen molar-refractivity contribution in [2.24, 2.45) is 5.16 Å². The highest BCUT2D eigenvalue weighted by molar-refractivity contribution is 6.69. The normalized spacial score (nSPS) is 18.5. The molecular weight excluding hydrogens is 266 g/mol. The molecule has 104 valence electrons. The fourth-order valence-corrected chi connectivity index (χ4v) is 2.19. The molecule has 2 rings (SSSR count). The minimum Gasteiger partial charge on any atom is -0.392 e. The van der Waals surface area contributed by atoms with E-state index in [9.17, 15) is 5.11 Å². The summed E-state index contributed by atoms with van der Waals surface area (Å²) in [6, 6.07) is 3.57. The van der Waals surface area contributed by atoms with Crippen molar-refractivity contribution in [3.05, 3.63) is 30.1 Å². The monoisotopic (exact) mass is 283 g/mol. The zero-order chi connectivity index (χ0) is 13.5. The number of halogens is 1. The van der Waals surface area contributed by atoms with Crippen LogP contribution in [-0.4, -0.2) is 52.5 Å². The van der Waals surface area contributed by atoms with E-state index in [0.717, 1.165) is 13.1 Å². The predicted molar refractivity (Wildman–Crippen MR) is 74.3 cm³/mol. The van der Waals surface area contributed by atoms with Gasteiger partial charge in [-0.3, -0.25) is 4.98 Å². The third-order valence-corrected chi connectivity index (χ3v) is 3.27. The fourth-order valence-electron chi connectivity index (χ4n) is 2.03. The van der Waals surface area contributed by atoms with Crippen molar-refractivity contribution in [3.63, 3.8) is 0 Å². The summed E-state index contributed by atoms with van der Waals surface area (Å²) in [5.74, 6) is 0. The number of pyridine rings is 1. The number of aliphatic hydroxyl groups is 1. The average molecular weight is 284 g/mol. The van der Waals surface area contributed by atoms with Crippen LogP contribution in [-0.2, 0) is 4.84 Å². The van der Waals surface area contributed by atoms with E-state index in [0.29, 0.717) is 12.1 Å². The first-order chi connectivity index (χ1) is 9.25. The lowest BCUT2D eigenvalue weighted by molar-refractivity contribution is 0.0233. The van der Waals surface area contributed by atoms with Gasteiger partial charge in [-0.05, 0) is 38.1 Å². The van der Waals surface area contributed by atoms with Gasteiger partial charge in [-0.2, -0.15) is 0 Å². The largest absolute Gasteiger partial charge is 0.392 e. The summed E-state index contributed by atoms with van der Waals surface area (Å²) in [5, 5.41) is 13.8. The smallest absolute Gasteiger partial charge is 0.177 e. The van der Waals surface area contributed by atoms with Crippen LogP contribution in [0.3, 0.4) is 0 Å². The molecular formula is C13H18ClN3O2. The summed E-state index contributed by atoms with van der Waals surface area (Å²) in [6.07, 6.45) is 5.14. The van der Waals surface area contributed by atoms with Gasteiger partial charge < -0.3 is 14.8 Å². The summed E-state index contributed by atoms with van der Waals surface area (Å²) in [5.41, 5.74) is 0.693. The van der Waals surface area contributed by atoms with Gasteiger partial charge in [-0.15, -0.1) is 0 Å². The van der Waals surface area contributed by atoms with Crippen molar-refractivity contribution in [2.45, 2.75) is 18.9 Å². The van der Waals surface area contributed by atoms with E-state index >= 15 is 0 Å². The van der Waals surface area contributed by atoms with Crippen LogP contribution in [0.2, 0.25) is 0 Å². The Hall–Kier alpha value is -1.17. The van der Waals surface area contributed by atoms with Gasteiger partial charge in [0.15, 0.2) is 5.17 Å². The van der Waals surface area contributed by atoms with E-state index in [-0.39, 0.29) is 11.8 Å². The van der Waals surface area contributed by atoms with E-state index in [2.05, 4.69) is 15.0 Å². The lowest BCUT2D eigenvalue weighted by atomic mass is 10.3. The second kappa shape index (κ2) is 7.43. The number of oxime groups is 1. The molecule has 5 nitrogen and oxygen atoms in total. The number of rotatable bonds is 6. The molecule has 1 aromatic heterocycles. The average Bonchev–Trinajstić information content (AvgIpc) is 2.92. The van der Waals surface area contributed by atoms with Gasteiger partial charge in [0, 0.05) is 24.5 Å². The van der Waals surface area contributed by atoms with Crippen LogP contribution in [0.1, 0.15) is 18.4 Å². The molecule has 19 heavy (non-hydrogen) atoms. The van der Waals surface area contributed by atoms with E-state index in [1.165, 1.54) is 12.8 Å². The summed E-state index contributed by atoms with van der Waals surface area (Å²) >= 11 is 5.95. The summed E-state index contributed by atoms with van der Waals surface area (Å²) in [6.45, 7) is 2.88. The maximum atomic E-state index is 9.80. The highest BCUT2D eigenvalue weighted by Crippen LogP contribution is 2.08. The second-order valence-corrected chi connectivity index (χ2v) is 4.94. The van der Waals surface area contributed by atoms with Crippen molar-refractivity contribution in [1.29, 1.82) is 0 Å². The SMILES string of the molecule is OC(CON=C(Cl)c1cccnc1)CN1CCCC1. The van der Waals surface area contributed by atoms with E-state index < -0.39 is 6.10 Å². The van der Waals surface area contributed by atoms with Gasteiger partial charge >= 0.3 is 0 Å². The van der Waals surface area contributed by atoms with Crippen molar-refractivity contribution in [2.75, 3.05) is 26.2 Å². The molecule has 0 saturated carbocycles. The number of aliphatic hydroxyl groups excluding tert-OH is 1. The molecule has 1 aromatic rings. The van der Waals surface area contributed by atoms with Crippen LogP contribution in [0.15, 0.2) is 29.7 Å². The Bertz CT molecular complexity index is 408. The lowest BCUT2D eigenvalue weighted by Gasteiger charge is -2.18.